The van der Waals surface area contributed by atoms with Gasteiger partial charge in [0.15, 0.2) is 11.6 Å². The van der Waals surface area contributed by atoms with Gasteiger partial charge in [-0.25, -0.2) is 15.0 Å². The molecule has 4 heteroatoms. The molecule has 4 nitrogen and oxygen atoms in total. The van der Waals surface area contributed by atoms with Crippen molar-refractivity contribution in [2.75, 3.05) is 0 Å². The number of ether oxygens (including phenoxy) is 1. The van der Waals surface area contributed by atoms with Crippen LogP contribution in [-0.4, -0.2) is 21.1 Å². The van der Waals surface area contributed by atoms with Crippen LogP contribution in [0.15, 0.2) is 144 Å². The zero-order valence-electron chi connectivity index (χ0n) is 24.1. The van der Waals surface area contributed by atoms with E-state index in [9.17, 15) is 0 Å². The number of nitrogens with zero attached hydrogens (tertiary/aromatic N) is 3. The summed E-state index contributed by atoms with van der Waals surface area (Å²) in [4.78, 5) is 15.1. The number of hydrogen-bond acceptors (Lipinski definition) is 4. The molecule has 0 amide bonds. The lowest BCUT2D eigenvalue weighted by Crippen LogP contribution is -2.15. The standard InChI is InChI=1S/C39H33N3O/c1-3-9-26(10-4-1)27-15-19-30(20-16-27)38-40-37(29-11-5-2-6-12-29)41-39(42-38)31-21-17-28(18-22-31)32-23-24-34-33-13-7-8-14-35(33)43-36(34)25-32/h1-17,19,21,25,30,33,35H,18,20,22-24H2. The minimum absolute atomic E-state index is 0.113. The Kier molecular flexibility index (Phi) is 6.68. The first-order chi connectivity index (χ1) is 21.3. The molecule has 3 unspecified atom stereocenters. The molecule has 210 valence electrons. The molecule has 5 aliphatic rings. The van der Waals surface area contributed by atoms with E-state index < -0.39 is 0 Å². The molecule has 2 heterocycles. The number of fused-ring (bicyclic) bond motifs is 2. The van der Waals surface area contributed by atoms with Crippen LogP contribution in [0.5, 0.6) is 0 Å². The molecule has 0 N–H and O–H groups in total. The fraction of sp³-hybridized carbons (Fsp3) is 0.205. The summed E-state index contributed by atoms with van der Waals surface area (Å²) >= 11 is 0. The molecule has 43 heavy (non-hydrogen) atoms. The van der Waals surface area contributed by atoms with Gasteiger partial charge in [0.1, 0.15) is 17.7 Å². The molecule has 0 fully saturated rings. The maximum atomic E-state index is 6.32. The van der Waals surface area contributed by atoms with Gasteiger partial charge in [0.2, 0.25) is 0 Å². The lowest BCUT2D eigenvalue weighted by atomic mass is 9.82. The van der Waals surface area contributed by atoms with Gasteiger partial charge in [-0.3, -0.25) is 0 Å². The van der Waals surface area contributed by atoms with Crippen LogP contribution in [-0.2, 0) is 4.74 Å². The summed E-state index contributed by atoms with van der Waals surface area (Å²) in [5.41, 5.74) is 8.91. The average Bonchev–Trinajstić information content (AvgIpc) is 3.47. The largest absolute Gasteiger partial charge is 0.485 e. The predicted octanol–water partition coefficient (Wildman–Crippen LogP) is 8.88. The summed E-state index contributed by atoms with van der Waals surface area (Å²) in [6.07, 6.45) is 27.3. The molecule has 8 rings (SSSR count). The highest BCUT2D eigenvalue weighted by Crippen LogP contribution is 2.44. The monoisotopic (exact) mass is 559 g/mol. The predicted molar refractivity (Wildman–Crippen MR) is 172 cm³/mol. The Hall–Kier alpha value is -4.83. The Labute approximate surface area is 253 Å². The molecule has 0 bridgehead atoms. The van der Waals surface area contributed by atoms with Crippen molar-refractivity contribution in [3.05, 3.63) is 161 Å². The van der Waals surface area contributed by atoms with E-state index >= 15 is 0 Å². The van der Waals surface area contributed by atoms with Gasteiger partial charge in [0.05, 0.1) is 0 Å². The summed E-state index contributed by atoms with van der Waals surface area (Å²) in [6, 6.07) is 20.8. The highest BCUT2D eigenvalue weighted by molar-refractivity contribution is 5.75. The third-order valence-electron chi connectivity index (χ3n) is 9.11. The smallest absolute Gasteiger partial charge is 0.163 e. The first kappa shape index (κ1) is 25.8. The minimum Gasteiger partial charge on any atom is -0.485 e. The number of hydrogen-bond donors (Lipinski definition) is 0. The maximum Gasteiger partial charge on any atom is 0.163 e. The van der Waals surface area contributed by atoms with Crippen LogP contribution >= 0.6 is 0 Å². The van der Waals surface area contributed by atoms with Crippen molar-refractivity contribution in [2.45, 2.75) is 44.1 Å². The second-order valence-electron chi connectivity index (χ2n) is 11.8. The van der Waals surface area contributed by atoms with E-state index in [4.69, 9.17) is 19.7 Å². The second-order valence-corrected chi connectivity index (χ2v) is 11.8. The lowest BCUT2D eigenvalue weighted by Gasteiger charge is -2.22. The zero-order chi connectivity index (χ0) is 28.6. The molecular formula is C39H33N3O. The quantitative estimate of drug-likeness (QED) is 0.313. The van der Waals surface area contributed by atoms with Crippen LogP contribution in [0.2, 0.25) is 0 Å². The van der Waals surface area contributed by atoms with E-state index in [0.29, 0.717) is 5.92 Å². The molecule has 0 radical (unpaired) electrons. The van der Waals surface area contributed by atoms with Gasteiger partial charge in [-0.05, 0) is 77.7 Å². The summed E-state index contributed by atoms with van der Waals surface area (Å²) in [6.45, 7) is 0. The average molecular weight is 560 g/mol. The van der Waals surface area contributed by atoms with E-state index in [1.807, 2.05) is 18.2 Å². The minimum atomic E-state index is 0.113. The van der Waals surface area contributed by atoms with Gasteiger partial charge in [-0.1, -0.05) is 109 Å². The molecule has 2 aromatic carbocycles. The van der Waals surface area contributed by atoms with Crippen LogP contribution < -0.4 is 0 Å². The van der Waals surface area contributed by atoms with Gasteiger partial charge in [-0.2, -0.15) is 0 Å². The third kappa shape index (κ3) is 5.08. The summed E-state index contributed by atoms with van der Waals surface area (Å²) in [5.74, 6) is 3.96. The first-order valence-corrected chi connectivity index (χ1v) is 15.4. The summed E-state index contributed by atoms with van der Waals surface area (Å²) in [7, 11) is 0. The van der Waals surface area contributed by atoms with Crippen LogP contribution in [0.4, 0.5) is 0 Å². The van der Waals surface area contributed by atoms with Gasteiger partial charge in [0.25, 0.3) is 0 Å². The summed E-state index contributed by atoms with van der Waals surface area (Å²) < 4.78 is 6.32. The zero-order valence-corrected chi connectivity index (χ0v) is 24.1. The van der Waals surface area contributed by atoms with Crippen molar-refractivity contribution < 1.29 is 4.74 Å². The molecule has 3 atom stereocenters. The molecule has 0 spiro atoms. The molecule has 0 saturated heterocycles. The van der Waals surface area contributed by atoms with E-state index in [1.165, 1.54) is 33.4 Å². The SMILES string of the molecule is C1=CC2OC3=C(CCC(C4=CC=C(c5nc(-c6ccccc6)nc(C6C=CC(c7ccccc7)=CC6)n5)CC4)=C3)C2C=C1. The molecule has 1 aromatic heterocycles. The Bertz CT molecular complexity index is 1820. The van der Waals surface area contributed by atoms with Crippen molar-refractivity contribution in [1.29, 1.82) is 0 Å². The molecule has 0 saturated carbocycles. The van der Waals surface area contributed by atoms with Crippen LogP contribution in [0.3, 0.4) is 0 Å². The Morgan fingerprint density at radius 1 is 0.651 bits per heavy atom. The van der Waals surface area contributed by atoms with E-state index in [0.717, 1.165) is 60.9 Å². The summed E-state index contributed by atoms with van der Waals surface area (Å²) in [5, 5.41) is 0. The van der Waals surface area contributed by atoms with Crippen LogP contribution in [0, 0.1) is 5.92 Å². The van der Waals surface area contributed by atoms with Crippen LogP contribution in [0.1, 0.15) is 55.2 Å². The van der Waals surface area contributed by atoms with Crippen molar-refractivity contribution >= 4 is 11.1 Å². The number of benzene rings is 2. The van der Waals surface area contributed by atoms with E-state index in [-0.39, 0.29) is 12.0 Å². The van der Waals surface area contributed by atoms with Crippen molar-refractivity contribution in [3.8, 4) is 11.4 Å². The molecule has 4 aliphatic carbocycles. The fourth-order valence-corrected chi connectivity index (χ4v) is 6.74. The molecular weight excluding hydrogens is 526 g/mol. The first-order valence-electron chi connectivity index (χ1n) is 15.4. The number of allylic oxidation sites excluding steroid dienone is 12. The Morgan fingerprint density at radius 2 is 1.37 bits per heavy atom. The lowest BCUT2D eigenvalue weighted by molar-refractivity contribution is 0.173. The van der Waals surface area contributed by atoms with Gasteiger partial charge in [0, 0.05) is 17.4 Å². The van der Waals surface area contributed by atoms with E-state index in [2.05, 4.69) is 103 Å². The van der Waals surface area contributed by atoms with Gasteiger partial charge >= 0.3 is 0 Å². The fourth-order valence-electron chi connectivity index (χ4n) is 6.74. The highest BCUT2D eigenvalue weighted by Gasteiger charge is 2.35. The Balaban J connectivity index is 1.08. The molecule has 1 aliphatic heterocycles. The maximum absolute atomic E-state index is 6.32. The van der Waals surface area contributed by atoms with Crippen molar-refractivity contribution in [1.82, 2.24) is 15.0 Å². The Morgan fingerprint density at radius 3 is 2.14 bits per heavy atom. The second kappa shape index (κ2) is 11.1. The number of aromatic nitrogens is 3. The topological polar surface area (TPSA) is 47.9 Å². The van der Waals surface area contributed by atoms with Gasteiger partial charge in [-0.15, -0.1) is 0 Å². The van der Waals surface area contributed by atoms with E-state index in [1.54, 1.807) is 0 Å². The normalized spacial score (nSPS) is 24.0. The van der Waals surface area contributed by atoms with Crippen molar-refractivity contribution in [3.63, 3.8) is 0 Å². The van der Waals surface area contributed by atoms with Crippen molar-refractivity contribution in [2.24, 2.45) is 5.92 Å². The highest BCUT2D eigenvalue weighted by atomic mass is 16.5. The molecule has 3 aromatic rings. The van der Waals surface area contributed by atoms with Gasteiger partial charge < -0.3 is 4.74 Å². The number of rotatable bonds is 5. The van der Waals surface area contributed by atoms with Crippen LogP contribution in [0.25, 0.3) is 22.5 Å². The third-order valence-corrected chi connectivity index (χ3v) is 9.11.